The van der Waals surface area contributed by atoms with Crippen molar-refractivity contribution in [2.24, 2.45) is 0 Å². The minimum absolute atomic E-state index is 0.0290. The maximum atomic E-state index is 12.9. The summed E-state index contributed by atoms with van der Waals surface area (Å²) in [5.41, 5.74) is -0.0895. The summed E-state index contributed by atoms with van der Waals surface area (Å²) in [5.74, 6) is -0.766. The quantitative estimate of drug-likeness (QED) is 0.282. The fourth-order valence-corrected chi connectivity index (χ4v) is 3.61. The Bertz CT molecular complexity index is 1370. The third kappa shape index (κ3) is 6.54. The van der Waals surface area contributed by atoms with E-state index in [2.05, 4.69) is 11.4 Å². The van der Waals surface area contributed by atoms with Gasteiger partial charge in [0.25, 0.3) is 5.91 Å². The van der Waals surface area contributed by atoms with Crippen LogP contribution in [0, 0.1) is 22.7 Å². The second-order valence-electron chi connectivity index (χ2n) is 7.07. The number of benzene rings is 3. The summed E-state index contributed by atoms with van der Waals surface area (Å²) < 4.78 is 44.3. The highest BCUT2D eigenvalue weighted by atomic mass is 35.5. The number of carbonyl (C=O) groups is 1. The number of carbonyl (C=O) groups excluding carboxylic acids is 1. The van der Waals surface area contributed by atoms with Crippen LogP contribution in [-0.4, -0.2) is 5.91 Å². The van der Waals surface area contributed by atoms with Gasteiger partial charge in [0, 0.05) is 11.3 Å². The molecule has 0 bridgehead atoms. The first-order valence-electron chi connectivity index (χ1n) is 9.82. The van der Waals surface area contributed by atoms with E-state index in [1.54, 1.807) is 30.3 Å². The third-order valence-corrected chi connectivity index (χ3v) is 5.22. The highest BCUT2D eigenvalue weighted by Crippen LogP contribution is 2.36. The maximum absolute atomic E-state index is 12.9. The van der Waals surface area contributed by atoms with E-state index in [-0.39, 0.29) is 33.7 Å². The third-order valence-electron chi connectivity index (χ3n) is 4.65. The van der Waals surface area contributed by atoms with Crippen LogP contribution in [-0.2, 0) is 17.6 Å². The second-order valence-corrected chi connectivity index (χ2v) is 7.89. The molecular formula is C25H14Cl2F3N3O2. The van der Waals surface area contributed by atoms with E-state index >= 15 is 0 Å². The summed E-state index contributed by atoms with van der Waals surface area (Å²) in [6.07, 6.45) is -3.39. The summed E-state index contributed by atoms with van der Waals surface area (Å²) >= 11 is 12.6. The van der Waals surface area contributed by atoms with Gasteiger partial charge in [-0.15, -0.1) is 0 Å². The van der Waals surface area contributed by atoms with E-state index in [9.17, 15) is 28.5 Å². The molecule has 5 nitrogen and oxygen atoms in total. The zero-order valence-corrected chi connectivity index (χ0v) is 19.2. The lowest BCUT2D eigenvalue weighted by atomic mass is 10.1. The van der Waals surface area contributed by atoms with E-state index in [0.29, 0.717) is 16.7 Å². The zero-order valence-electron chi connectivity index (χ0n) is 17.7. The maximum Gasteiger partial charge on any atom is 0.416 e. The summed E-state index contributed by atoms with van der Waals surface area (Å²) in [4.78, 5) is 12.5. The zero-order chi connectivity index (χ0) is 25.6. The number of alkyl halides is 3. The molecule has 35 heavy (non-hydrogen) atoms. The molecule has 0 saturated carbocycles. The van der Waals surface area contributed by atoms with Crippen LogP contribution in [0.4, 0.5) is 18.9 Å². The van der Waals surface area contributed by atoms with Gasteiger partial charge in [0.1, 0.15) is 18.2 Å². The lowest BCUT2D eigenvalue weighted by molar-refractivity contribution is -0.137. The number of ether oxygens (including phenoxy) is 1. The molecule has 0 aliphatic carbocycles. The Labute approximate surface area is 208 Å². The van der Waals surface area contributed by atoms with Gasteiger partial charge < -0.3 is 10.1 Å². The van der Waals surface area contributed by atoms with E-state index in [4.69, 9.17) is 27.9 Å². The highest BCUT2D eigenvalue weighted by molar-refractivity contribution is 6.37. The van der Waals surface area contributed by atoms with Gasteiger partial charge in [0.05, 0.1) is 27.2 Å². The standard InChI is InChI=1S/C25H14Cl2F3N3O2/c26-21-9-15(10-22(27)23(21)35-14-17-5-2-1-4-16(17)12-31)8-18(13-32)24(34)33-20-7-3-6-19(11-20)25(28,29)30/h1-11H,14H2,(H,33,34)/b18-8-. The van der Waals surface area contributed by atoms with Crippen LogP contribution in [0.15, 0.2) is 66.2 Å². The molecule has 0 radical (unpaired) electrons. The van der Waals surface area contributed by atoms with Crippen molar-refractivity contribution in [1.82, 2.24) is 0 Å². The van der Waals surface area contributed by atoms with Gasteiger partial charge in [-0.25, -0.2) is 0 Å². The Morgan fingerprint density at radius 1 is 1.03 bits per heavy atom. The summed E-state index contributed by atoms with van der Waals surface area (Å²) in [5, 5.41) is 21.0. The Morgan fingerprint density at radius 2 is 1.71 bits per heavy atom. The predicted molar refractivity (Wildman–Crippen MR) is 126 cm³/mol. The van der Waals surface area contributed by atoms with Gasteiger partial charge >= 0.3 is 6.18 Å². The molecule has 0 atom stereocenters. The smallest absolute Gasteiger partial charge is 0.416 e. The molecule has 0 unspecified atom stereocenters. The first-order valence-corrected chi connectivity index (χ1v) is 10.6. The number of nitriles is 2. The minimum atomic E-state index is -4.58. The van der Waals surface area contributed by atoms with Gasteiger partial charge in [-0.2, -0.15) is 23.7 Å². The lowest BCUT2D eigenvalue weighted by Crippen LogP contribution is -2.14. The fraction of sp³-hybridized carbons (Fsp3) is 0.0800. The molecule has 0 fully saturated rings. The molecule has 0 aromatic heterocycles. The number of rotatable bonds is 6. The molecule has 3 rings (SSSR count). The molecule has 176 valence electrons. The number of anilines is 1. The number of amides is 1. The SMILES string of the molecule is N#C/C(=C/c1cc(Cl)c(OCc2ccccc2C#N)c(Cl)c1)C(=O)Nc1cccc(C(F)(F)F)c1. The lowest BCUT2D eigenvalue weighted by Gasteiger charge is -2.12. The number of hydrogen-bond acceptors (Lipinski definition) is 4. The Balaban J connectivity index is 1.79. The van der Waals surface area contributed by atoms with E-state index in [1.165, 1.54) is 24.3 Å². The van der Waals surface area contributed by atoms with Crippen molar-refractivity contribution in [2.75, 3.05) is 5.32 Å². The molecule has 1 amide bonds. The van der Waals surface area contributed by atoms with Crippen LogP contribution in [0.2, 0.25) is 10.0 Å². The Kier molecular flexibility index (Phi) is 8.03. The molecule has 0 heterocycles. The van der Waals surface area contributed by atoms with Crippen LogP contribution < -0.4 is 10.1 Å². The van der Waals surface area contributed by atoms with Crippen molar-refractivity contribution in [2.45, 2.75) is 12.8 Å². The van der Waals surface area contributed by atoms with Gasteiger partial charge in [0.2, 0.25) is 0 Å². The van der Waals surface area contributed by atoms with Gasteiger partial charge in [-0.1, -0.05) is 47.5 Å². The molecule has 3 aromatic rings. The molecule has 3 aromatic carbocycles. The number of nitrogens with zero attached hydrogens (tertiary/aromatic N) is 2. The summed E-state index contributed by atoms with van der Waals surface area (Å²) in [7, 11) is 0. The molecule has 0 spiro atoms. The monoisotopic (exact) mass is 515 g/mol. The molecule has 0 aliphatic heterocycles. The van der Waals surface area contributed by atoms with E-state index in [0.717, 1.165) is 18.2 Å². The summed E-state index contributed by atoms with van der Waals surface area (Å²) in [6.45, 7) is 0.0290. The number of hydrogen-bond donors (Lipinski definition) is 1. The average molecular weight is 516 g/mol. The van der Waals surface area contributed by atoms with Crippen LogP contribution in [0.1, 0.15) is 22.3 Å². The Morgan fingerprint density at radius 3 is 2.34 bits per heavy atom. The highest BCUT2D eigenvalue weighted by Gasteiger charge is 2.30. The molecular weight excluding hydrogens is 502 g/mol. The van der Waals surface area contributed by atoms with Gasteiger partial charge in [-0.05, 0) is 48.0 Å². The first kappa shape index (κ1) is 25.6. The van der Waals surface area contributed by atoms with Crippen molar-refractivity contribution in [1.29, 1.82) is 10.5 Å². The molecule has 10 heteroatoms. The minimum Gasteiger partial charge on any atom is -0.486 e. The van der Waals surface area contributed by atoms with E-state index in [1.807, 2.05) is 0 Å². The molecule has 1 N–H and O–H groups in total. The summed E-state index contributed by atoms with van der Waals surface area (Å²) in [6, 6.07) is 17.5. The molecule has 0 saturated heterocycles. The van der Waals surface area contributed by atoms with Crippen LogP contribution in [0.5, 0.6) is 5.75 Å². The van der Waals surface area contributed by atoms with Crippen molar-refractivity contribution in [3.05, 3.63) is 98.5 Å². The second kappa shape index (κ2) is 11.0. The average Bonchev–Trinajstić information content (AvgIpc) is 2.81. The van der Waals surface area contributed by atoms with Crippen LogP contribution in [0.3, 0.4) is 0 Å². The number of nitrogens with one attached hydrogen (secondary N) is 1. The number of halogens is 5. The van der Waals surface area contributed by atoms with Gasteiger partial charge in [0.15, 0.2) is 5.75 Å². The van der Waals surface area contributed by atoms with Crippen LogP contribution >= 0.6 is 23.2 Å². The van der Waals surface area contributed by atoms with Crippen molar-refractivity contribution >= 4 is 40.9 Å². The van der Waals surface area contributed by atoms with Crippen molar-refractivity contribution < 1.29 is 22.7 Å². The molecule has 0 aliphatic rings. The van der Waals surface area contributed by atoms with Gasteiger partial charge in [-0.3, -0.25) is 4.79 Å². The topological polar surface area (TPSA) is 85.9 Å². The normalized spacial score (nSPS) is 11.3. The fourth-order valence-electron chi connectivity index (χ4n) is 2.99. The largest absolute Gasteiger partial charge is 0.486 e. The van der Waals surface area contributed by atoms with Crippen molar-refractivity contribution in [3.8, 4) is 17.9 Å². The predicted octanol–water partition coefficient (Wildman–Crippen LogP) is 7.01. The first-order chi connectivity index (χ1) is 16.6. The van der Waals surface area contributed by atoms with E-state index < -0.39 is 17.6 Å². The Hall–Kier alpha value is -3.98. The van der Waals surface area contributed by atoms with Crippen LogP contribution in [0.25, 0.3) is 6.08 Å². The van der Waals surface area contributed by atoms with Crippen molar-refractivity contribution in [3.63, 3.8) is 0 Å².